The van der Waals surface area contributed by atoms with Gasteiger partial charge in [0, 0.05) is 13.1 Å². The molecule has 0 aliphatic carbocycles. The minimum Gasteiger partial charge on any atom is -0.457 e. The van der Waals surface area contributed by atoms with E-state index in [1.165, 1.54) is 16.4 Å². The van der Waals surface area contributed by atoms with Crippen molar-refractivity contribution in [3.63, 3.8) is 0 Å². The molecule has 0 N–H and O–H groups in total. The summed E-state index contributed by atoms with van der Waals surface area (Å²) in [6.07, 6.45) is 0. The van der Waals surface area contributed by atoms with Gasteiger partial charge in [0.2, 0.25) is 10.0 Å². The number of esters is 1. The van der Waals surface area contributed by atoms with Crippen molar-refractivity contribution in [1.29, 1.82) is 0 Å². The number of ether oxygens (including phenoxy) is 2. The average molecular weight is 361 g/mol. The van der Waals surface area contributed by atoms with Crippen molar-refractivity contribution in [2.24, 2.45) is 0 Å². The van der Waals surface area contributed by atoms with E-state index in [0.717, 1.165) is 5.56 Å². The molecule has 0 amide bonds. The van der Waals surface area contributed by atoms with E-state index in [0.29, 0.717) is 26.3 Å². The van der Waals surface area contributed by atoms with Crippen molar-refractivity contribution >= 4 is 16.0 Å². The topological polar surface area (TPSA) is 72.9 Å². The number of rotatable bonds is 5. The quantitative estimate of drug-likeness (QED) is 0.762. The monoisotopic (exact) mass is 361 g/mol. The molecular formula is C18H19NO5S. The summed E-state index contributed by atoms with van der Waals surface area (Å²) >= 11 is 0. The predicted molar refractivity (Wildman–Crippen MR) is 91.6 cm³/mol. The Morgan fingerprint density at radius 1 is 1.04 bits per heavy atom. The number of hydrogen-bond donors (Lipinski definition) is 0. The zero-order valence-electron chi connectivity index (χ0n) is 13.6. The number of nitrogens with zero attached hydrogens (tertiary/aromatic N) is 1. The standard InChI is InChI=1S/C18H19NO5S/c20-18(24-14-15-5-2-1-3-6-15)16-7-4-8-17(13-16)25(21,22)19-9-11-23-12-10-19/h1-8,13H,9-12,14H2. The maximum Gasteiger partial charge on any atom is 0.338 e. The Hall–Kier alpha value is -2.22. The van der Waals surface area contributed by atoms with Gasteiger partial charge >= 0.3 is 5.97 Å². The van der Waals surface area contributed by atoms with E-state index >= 15 is 0 Å². The van der Waals surface area contributed by atoms with E-state index in [2.05, 4.69) is 0 Å². The minimum atomic E-state index is -3.64. The summed E-state index contributed by atoms with van der Waals surface area (Å²) in [6.45, 7) is 1.51. The maximum atomic E-state index is 12.7. The smallest absolute Gasteiger partial charge is 0.338 e. The number of sulfonamides is 1. The van der Waals surface area contributed by atoms with Crippen LogP contribution in [0, 0.1) is 0 Å². The normalized spacial score (nSPS) is 15.7. The number of benzene rings is 2. The molecule has 0 radical (unpaired) electrons. The van der Waals surface area contributed by atoms with Crippen LogP contribution >= 0.6 is 0 Å². The van der Waals surface area contributed by atoms with Crippen LogP contribution in [0.4, 0.5) is 0 Å². The second-order valence-corrected chi connectivity index (χ2v) is 7.54. The van der Waals surface area contributed by atoms with Gasteiger partial charge in [-0.05, 0) is 23.8 Å². The average Bonchev–Trinajstić information content (AvgIpc) is 2.67. The number of morpholine rings is 1. The highest BCUT2D eigenvalue weighted by Gasteiger charge is 2.27. The van der Waals surface area contributed by atoms with E-state index in [1.807, 2.05) is 30.3 Å². The Bertz CT molecular complexity index is 830. The van der Waals surface area contributed by atoms with Crippen molar-refractivity contribution in [3.05, 3.63) is 65.7 Å². The van der Waals surface area contributed by atoms with Gasteiger partial charge in [-0.1, -0.05) is 36.4 Å². The molecule has 0 saturated carbocycles. The highest BCUT2D eigenvalue weighted by atomic mass is 32.2. The first-order valence-electron chi connectivity index (χ1n) is 7.96. The molecule has 3 rings (SSSR count). The van der Waals surface area contributed by atoms with Gasteiger partial charge in [-0.3, -0.25) is 0 Å². The van der Waals surface area contributed by atoms with E-state index < -0.39 is 16.0 Å². The summed E-state index contributed by atoms with van der Waals surface area (Å²) in [7, 11) is -3.64. The van der Waals surface area contributed by atoms with Crippen molar-refractivity contribution < 1.29 is 22.7 Å². The highest BCUT2D eigenvalue weighted by Crippen LogP contribution is 2.19. The third-order valence-corrected chi connectivity index (χ3v) is 5.78. The maximum absolute atomic E-state index is 12.7. The Labute approximate surface area is 147 Å². The lowest BCUT2D eigenvalue weighted by atomic mass is 10.2. The number of carbonyl (C=O) groups is 1. The molecule has 0 atom stereocenters. The second kappa shape index (κ2) is 7.77. The molecule has 0 bridgehead atoms. The fourth-order valence-electron chi connectivity index (χ4n) is 2.53. The Kier molecular flexibility index (Phi) is 5.47. The molecule has 25 heavy (non-hydrogen) atoms. The molecule has 132 valence electrons. The molecule has 0 aromatic heterocycles. The van der Waals surface area contributed by atoms with Crippen molar-refractivity contribution in [2.45, 2.75) is 11.5 Å². The van der Waals surface area contributed by atoms with Gasteiger partial charge in [-0.25, -0.2) is 13.2 Å². The fourth-order valence-corrected chi connectivity index (χ4v) is 3.98. The third kappa shape index (κ3) is 4.25. The summed E-state index contributed by atoms with van der Waals surface area (Å²) in [5.41, 5.74) is 1.08. The van der Waals surface area contributed by atoms with Crippen LogP contribution in [0.25, 0.3) is 0 Å². The summed E-state index contributed by atoms with van der Waals surface area (Å²) in [4.78, 5) is 12.3. The van der Waals surface area contributed by atoms with Crippen molar-refractivity contribution in [2.75, 3.05) is 26.3 Å². The Morgan fingerprint density at radius 3 is 2.48 bits per heavy atom. The van der Waals surface area contributed by atoms with Crippen LogP contribution in [0.1, 0.15) is 15.9 Å². The second-order valence-electron chi connectivity index (χ2n) is 5.61. The SMILES string of the molecule is O=C(OCc1ccccc1)c1cccc(S(=O)(=O)N2CCOCC2)c1. The lowest BCUT2D eigenvalue weighted by molar-refractivity contribution is 0.0472. The van der Waals surface area contributed by atoms with Crippen LogP contribution in [0.3, 0.4) is 0 Å². The van der Waals surface area contributed by atoms with Crippen molar-refractivity contribution in [3.8, 4) is 0 Å². The molecule has 1 fully saturated rings. The fraction of sp³-hybridized carbons (Fsp3) is 0.278. The third-order valence-electron chi connectivity index (χ3n) is 3.89. The number of hydrogen-bond acceptors (Lipinski definition) is 5. The molecule has 0 spiro atoms. The van der Waals surface area contributed by atoms with Gasteiger partial charge in [-0.2, -0.15) is 4.31 Å². The Balaban J connectivity index is 1.73. The minimum absolute atomic E-state index is 0.0866. The van der Waals surface area contributed by atoms with Crippen LogP contribution in [0.2, 0.25) is 0 Å². The molecule has 7 heteroatoms. The molecule has 1 heterocycles. The van der Waals surface area contributed by atoms with Gasteiger partial charge in [-0.15, -0.1) is 0 Å². The molecule has 6 nitrogen and oxygen atoms in total. The molecule has 1 aliphatic rings. The van der Waals surface area contributed by atoms with Gasteiger partial charge < -0.3 is 9.47 Å². The molecule has 2 aromatic rings. The summed E-state index contributed by atoms with van der Waals surface area (Å²) in [5, 5.41) is 0. The molecule has 0 unspecified atom stereocenters. The van der Waals surface area contributed by atoms with Crippen LogP contribution in [0.15, 0.2) is 59.5 Å². The first-order valence-corrected chi connectivity index (χ1v) is 9.40. The van der Waals surface area contributed by atoms with E-state index in [9.17, 15) is 13.2 Å². The largest absolute Gasteiger partial charge is 0.457 e. The summed E-state index contributed by atoms with van der Waals surface area (Å²) in [5.74, 6) is -0.553. The lowest BCUT2D eigenvalue weighted by Gasteiger charge is -2.26. The Morgan fingerprint density at radius 2 is 1.76 bits per heavy atom. The molecule has 2 aromatic carbocycles. The van der Waals surface area contributed by atoms with Crippen LogP contribution in [-0.4, -0.2) is 45.0 Å². The highest BCUT2D eigenvalue weighted by molar-refractivity contribution is 7.89. The van der Waals surface area contributed by atoms with Gasteiger partial charge in [0.25, 0.3) is 0 Å². The summed E-state index contributed by atoms with van der Waals surface area (Å²) < 4.78 is 37.1. The van der Waals surface area contributed by atoms with Crippen molar-refractivity contribution in [1.82, 2.24) is 4.31 Å². The van der Waals surface area contributed by atoms with E-state index in [4.69, 9.17) is 9.47 Å². The lowest BCUT2D eigenvalue weighted by Crippen LogP contribution is -2.40. The summed E-state index contributed by atoms with van der Waals surface area (Å²) in [6, 6.07) is 15.2. The van der Waals surface area contributed by atoms with Crippen LogP contribution in [-0.2, 0) is 26.1 Å². The number of carbonyl (C=O) groups excluding carboxylic acids is 1. The van der Waals surface area contributed by atoms with Crippen LogP contribution < -0.4 is 0 Å². The first kappa shape index (κ1) is 17.6. The molecular weight excluding hydrogens is 342 g/mol. The van der Waals surface area contributed by atoms with Gasteiger partial charge in [0.1, 0.15) is 6.61 Å². The molecule has 1 saturated heterocycles. The zero-order chi connectivity index (χ0) is 17.7. The first-order chi connectivity index (χ1) is 12.1. The van der Waals surface area contributed by atoms with E-state index in [1.54, 1.807) is 12.1 Å². The molecule has 1 aliphatic heterocycles. The van der Waals surface area contributed by atoms with Gasteiger partial charge in [0.15, 0.2) is 0 Å². The van der Waals surface area contributed by atoms with Crippen LogP contribution in [0.5, 0.6) is 0 Å². The van der Waals surface area contributed by atoms with Gasteiger partial charge in [0.05, 0.1) is 23.7 Å². The predicted octanol–water partition coefficient (Wildman–Crippen LogP) is 2.06. The zero-order valence-corrected chi connectivity index (χ0v) is 14.4. The van der Waals surface area contributed by atoms with E-state index in [-0.39, 0.29) is 17.1 Å².